The summed E-state index contributed by atoms with van der Waals surface area (Å²) in [7, 11) is 0. The van der Waals surface area contributed by atoms with E-state index in [4.69, 9.17) is 10.5 Å². The number of thiazole rings is 1. The number of anilines is 1. The monoisotopic (exact) mass is 332 g/mol. The normalized spacial score (nSPS) is 13.9. The third-order valence-electron chi connectivity index (χ3n) is 3.44. The molecule has 3 rings (SSSR count). The first-order valence-electron chi connectivity index (χ1n) is 7.15. The van der Waals surface area contributed by atoms with Crippen LogP contribution in [0.5, 0.6) is 0 Å². The Balaban J connectivity index is 1.62. The minimum absolute atomic E-state index is 0.251. The topological polar surface area (TPSA) is 97.5 Å². The van der Waals surface area contributed by atoms with Crippen LogP contribution >= 0.6 is 11.3 Å². The maximum atomic E-state index is 11.4. The van der Waals surface area contributed by atoms with E-state index in [9.17, 15) is 9.59 Å². The van der Waals surface area contributed by atoms with Crippen LogP contribution in [0.2, 0.25) is 0 Å². The molecular weight excluding hydrogens is 316 g/mol. The van der Waals surface area contributed by atoms with Crippen molar-refractivity contribution in [2.75, 3.05) is 25.0 Å². The maximum Gasteiger partial charge on any atom is 0.409 e. The molecule has 2 aromatic rings. The summed E-state index contributed by atoms with van der Waals surface area (Å²) in [6, 6.07) is 6.72. The predicted molar refractivity (Wildman–Crippen MR) is 87.4 cm³/mol. The molecule has 3 amide bonds. The zero-order chi connectivity index (χ0) is 16.2. The van der Waals surface area contributed by atoms with Crippen LogP contribution in [0.4, 0.5) is 15.3 Å². The first-order chi connectivity index (χ1) is 11.1. The van der Waals surface area contributed by atoms with Crippen molar-refractivity contribution in [3.63, 3.8) is 0 Å². The predicted octanol–water partition coefficient (Wildman–Crippen LogP) is 2.30. The molecule has 1 saturated heterocycles. The van der Waals surface area contributed by atoms with E-state index in [2.05, 4.69) is 10.3 Å². The van der Waals surface area contributed by atoms with Crippen molar-refractivity contribution in [2.45, 2.75) is 6.42 Å². The quantitative estimate of drug-likeness (QED) is 0.878. The lowest BCUT2D eigenvalue weighted by atomic mass is 10.1. The van der Waals surface area contributed by atoms with Crippen LogP contribution in [0.25, 0.3) is 11.3 Å². The van der Waals surface area contributed by atoms with Crippen LogP contribution in [0.3, 0.4) is 0 Å². The molecule has 1 aliphatic rings. The molecule has 3 N–H and O–H groups in total. The van der Waals surface area contributed by atoms with Gasteiger partial charge in [-0.25, -0.2) is 14.6 Å². The number of aromatic nitrogens is 1. The number of carbonyl (C=O) groups is 2. The second-order valence-corrected chi connectivity index (χ2v) is 5.99. The number of nitrogens with one attached hydrogen (secondary N) is 1. The standard InChI is InChI=1S/C15H16N4O3S/c16-14(20)17-11-3-1-10(2-4-11)12-9-23-13(18-12)5-6-19-7-8-22-15(19)21/h1-4,9H,5-8H2,(H3,16,17,20). The van der Waals surface area contributed by atoms with E-state index in [1.54, 1.807) is 28.4 Å². The number of carbonyl (C=O) groups excluding carboxylic acids is 2. The largest absolute Gasteiger partial charge is 0.448 e. The molecule has 2 heterocycles. The number of hydrogen-bond acceptors (Lipinski definition) is 5. The van der Waals surface area contributed by atoms with Gasteiger partial charge in [-0.1, -0.05) is 12.1 Å². The molecule has 1 aliphatic heterocycles. The molecular formula is C15H16N4O3S. The minimum atomic E-state index is -0.589. The van der Waals surface area contributed by atoms with E-state index in [1.165, 1.54) is 0 Å². The summed E-state index contributed by atoms with van der Waals surface area (Å²) in [5.74, 6) is 0. The molecule has 0 aliphatic carbocycles. The fraction of sp³-hybridized carbons (Fsp3) is 0.267. The van der Waals surface area contributed by atoms with Crippen molar-refractivity contribution in [2.24, 2.45) is 5.73 Å². The van der Waals surface area contributed by atoms with E-state index < -0.39 is 6.03 Å². The Labute approximate surface area is 137 Å². The summed E-state index contributed by atoms with van der Waals surface area (Å²) < 4.78 is 4.90. The molecule has 0 atom stereocenters. The molecule has 1 aromatic carbocycles. The van der Waals surface area contributed by atoms with Crippen molar-refractivity contribution in [3.05, 3.63) is 34.7 Å². The average Bonchev–Trinajstić information content (AvgIpc) is 3.14. The number of amides is 3. The number of nitrogens with zero attached hydrogens (tertiary/aromatic N) is 2. The molecule has 8 heteroatoms. The summed E-state index contributed by atoms with van der Waals surface area (Å²) in [6.07, 6.45) is 0.459. The molecule has 23 heavy (non-hydrogen) atoms. The second-order valence-electron chi connectivity index (χ2n) is 5.04. The van der Waals surface area contributed by atoms with E-state index in [0.717, 1.165) is 16.3 Å². The van der Waals surface area contributed by atoms with Crippen molar-refractivity contribution >= 4 is 29.1 Å². The highest BCUT2D eigenvalue weighted by Gasteiger charge is 2.21. The Bertz CT molecular complexity index is 714. The van der Waals surface area contributed by atoms with Crippen LogP contribution in [-0.2, 0) is 11.2 Å². The van der Waals surface area contributed by atoms with E-state index in [0.29, 0.717) is 31.8 Å². The highest BCUT2D eigenvalue weighted by Crippen LogP contribution is 2.24. The van der Waals surface area contributed by atoms with Gasteiger partial charge in [0.25, 0.3) is 0 Å². The number of cyclic esters (lactones) is 1. The molecule has 0 saturated carbocycles. The van der Waals surface area contributed by atoms with Crippen molar-refractivity contribution < 1.29 is 14.3 Å². The maximum absolute atomic E-state index is 11.4. The fourth-order valence-electron chi connectivity index (χ4n) is 2.28. The zero-order valence-electron chi connectivity index (χ0n) is 12.3. The van der Waals surface area contributed by atoms with Gasteiger partial charge in [0.15, 0.2) is 0 Å². The molecule has 0 radical (unpaired) electrons. The Kier molecular flexibility index (Phi) is 4.42. The third-order valence-corrected chi connectivity index (χ3v) is 4.35. The van der Waals surface area contributed by atoms with Gasteiger partial charge in [0.1, 0.15) is 6.61 Å². The van der Waals surface area contributed by atoms with Crippen LogP contribution in [-0.4, -0.2) is 41.7 Å². The Morgan fingerprint density at radius 1 is 1.39 bits per heavy atom. The van der Waals surface area contributed by atoms with E-state index >= 15 is 0 Å². The lowest BCUT2D eigenvalue weighted by molar-refractivity contribution is 0.158. The lowest BCUT2D eigenvalue weighted by Gasteiger charge is -2.10. The number of ether oxygens (including phenoxy) is 1. The van der Waals surface area contributed by atoms with Gasteiger partial charge in [-0.05, 0) is 12.1 Å². The van der Waals surface area contributed by atoms with E-state index in [-0.39, 0.29) is 6.09 Å². The zero-order valence-corrected chi connectivity index (χ0v) is 13.1. The second kappa shape index (κ2) is 6.66. The SMILES string of the molecule is NC(=O)Nc1ccc(-c2csc(CCN3CCOC3=O)n2)cc1. The van der Waals surface area contributed by atoms with Gasteiger partial charge in [-0.2, -0.15) is 0 Å². The van der Waals surface area contributed by atoms with Crippen LogP contribution < -0.4 is 11.1 Å². The van der Waals surface area contributed by atoms with Crippen LogP contribution in [0.1, 0.15) is 5.01 Å². The third kappa shape index (κ3) is 3.78. The highest BCUT2D eigenvalue weighted by molar-refractivity contribution is 7.09. The summed E-state index contributed by atoms with van der Waals surface area (Å²) in [5.41, 5.74) is 7.55. The number of primary amides is 1. The molecule has 1 aromatic heterocycles. The Hall–Kier alpha value is -2.61. The highest BCUT2D eigenvalue weighted by atomic mass is 32.1. The van der Waals surface area contributed by atoms with Gasteiger partial charge in [-0.3, -0.25) is 0 Å². The van der Waals surface area contributed by atoms with Gasteiger partial charge in [-0.15, -0.1) is 11.3 Å². The lowest BCUT2D eigenvalue weighted by Crippen LogP contribution is -2.26. The number of rotatable bonds is 5. The van der Waals surface area contributed by atoms with Crippen LogP contribution in [0, 0.1) is 0 Å². The average molecular weight is 332 g/mol. The Morgan fingerprint density at radius 3 is 2.83 bits per heavy atom. The first kappa shape index (κ1) is 15.3. The van der Waals surface area contributed by atoms with Crippen molar-refractivity contribution in [1.82, 2.24) is 9.88 Å². The smallest absolute Gasteiger partial charge is 0.409 e. The molecule has 7 nitrogen and oxygen atoms in total. The molecule has 0 unspecified atom stereocenters. The molecule has 0 spiro atoms. The molecule has 1 fully saturated rings. The van der Waals surface area contributed by atoms with Gasteiger partial charge in [0.2, 0.25) is 0 Å². The summed E-state index contributed by atoms with van der Waals surface area (Å²) >= 11 is 1.56. The van der Waals surface area contributed by atoms with Gasteiger partial charge < -0.3 is 20.7 Å². The van der Waals surface area contributed by atoms with Crippen molar-refractivity contribution in [3.8, 4) is 11.3 Å². The number of nitrogens with two attached hydrogens (primary N) is 1. The number of hydrogen-bond donors (Lipinski definition) is 2. The molecule has 0 bridgehead atoms. The summed E-state index contributed by atoms with van der Waals surface area (Å²) in [4.78, 5) is 28.4. The van der Waals surface area contributed by atoms with Gasteiger partial charge in [0, 0.05) is 29.6 Å². The summed E-state index contributed by atoms with van der Waals surface area (Å²) in [6.45, 7) is 1.73. The Morgan fingerprint density at radius 2 is 2.17 bits per heavy atom. The van der Waals surface area contributed by atoms with E-state index in [1.807, 2.05) is 17.5 Å². The summed E-state index contributed by atoms with van der Waals surface area (Å²) in [5, 5.41) is 5.47. The molecule has 120 valence electrons. The number of benzene rings is 1. The minimum Gasteiger partial charge on any atom is -0.448 e. The fourth-order valence-corrected chi connectivity index (χ4v) is 3.08. The first-order valence-corrected chi connectivity index (χ1v) is 8.03. The number of urea groups is 1. The van der Waals surface area contributed by atoms with Crippen LogP contribution in [0.15, 0.2) is 29.6 Å². The van der Waals surface area contributed by atoms with Gasteiger partial charge >= 0.3 is 12.1 Å². The van der Waals surface area contributed by atoms with Gasteiger partial charge in [0.05, 0.1) is 17.2 Å². The van der Waals surface area contributed by atoms with Crippen molar-refractivity contribution in [1.29, 1.82) is 0 Å².